The summed E-state index contributed by atoms with van der Waals surface area (Å²) in [5.41, 5.74) is 3.22. The lowest BCUT2D eigenvalue weighted by molar-refractivity contribution is -0.143. The Kier molecular flexibility index (Phi) is 10.5. The number of anilines is 1. The second-order valence-electron chi connectivity index (χ2n) is 8.25. The Morgan fingerprint density at radius 3 is 2.03 bits per heavy atom. The van der Waals surface area contributed by atoms with Gasteiger partial charge >= 0.3 is 5.97 Å². The van der Waals surface area contributed by atoms with Crippen molar-refractivity contribution in [1.82, 2.24) is 5.32 Å². The third-order valence-electron chi connectivity index (χ3n) is 5.49. The predicted molar refractivity (Wildman–Crippen MR) is 137 cm³/mol. The van der Waals surface area contributed by atoms with Crippen LogP contribution in [0.3, 0.4) is 0 Å². The fourth-order valence-corrected chi connectivity index (χ4v) is 3.64. The molecule has 2 N–H and O–H groups in total. The average Bonchev–Trinajstić information content (AvgIpc) is 2.88. The van der Waals surface area contributed by atoms with Crippen LogP contribution in [0.25, 0.3) is 0 Å². The zero-order chi connectivity index (χ0) is 24.7. The molecule has 2 amide bonds. The largest absolute Gasteiger partial charge is 0.466 e. The minimum atomic E-state index is -0.302. The molecule has 0 aliphatic carbocycles. The summed E-state index contributed by atoms with van der Waals surface area (Å²) in [6, 6.07) is 26.9. The molecule has 0 saturated heterocycles. The lowest BCUT2D eigenvalue weighted by Crippen LogP contribution is -2.27. The Morgan fingerprint density at radius 1 is 0.686 bits per heavy atom. The van der Waals surface area contributed by atoms with Gasteiger partial charge in [0.1, 0.15) is 0 Å². The van der Waals surface area contributed by atoms with E-state index < -0.39 is 0 Å². The number of hydrogen-bond donors (Lipinski definition) is 2. The van der Waals surface area contributed by atoms with E-state index in [-0.39, 0.29) is 30.6 Å². The Morgan fingerprint density at radius 2 is 1.31 bits per heavy atom. The third-order valence-corrected chi connectivity index (χ3v) is 5.49. The summed E-state index contributed by atoms with van der Waals surface area (Å²) in [4.78, 5) is 37.0. The Bertz CT molecular complexity index is 1080. The molecule has 0 heterocycles. The maximum absolute atomic E-state index is 12.6. The lowest BCUT2D eigenvalue weighted by atomic mass is 10.1. The van der Waals surface area contributed by atoms with Crippen LogP contribution < -0.4 is 10.6 Å². The van der Waals surface area contributed by atoms with Crippen molar-refractivity contribution in [2.45, 2.75) is 38.5 Å². The highest BCUT2D eigenvalue weighted by Crippen LogP contribution is 2.16. The normalized spacial score (nSPS) is 10.4. The number of rotatable bonds is 13. The monoisotopic (exact) mass is 472 g/mol. The molecule has 3 rings (SSSR count). The SMILES string of the molecule is O=C(CCCC(=O)OCCCc1ccccc1)Nc1ccccc1C(=O)NCCc1ccccc1. The maximum atomic E-state index is 12.6. The highest BCUT2D eigenvalue weighted by molar-refractivity contribution is 6.03. The summed E-state index contributed by atoms with van der Waals surface area (Å²) in [6.45, 7) is 0.866. The molecule has 0 fully saturated rings. The van der Waals surface area contributed by atoms with Gasteiger partial charge in [0.15, 0.2) is 0 Å². The number of nitrogens with one attached hydrogen (secondary N) is 2. The first-order chi connectivity index (χ1) is 17.1. The van der Waals surface area contributed by atoms with Gasteiger partial charge in [0.25, 0.3) is 5.91 Å². The fourth-order valence-electron chi connectivity index (χ4n) is 3.64. The van der Waals surface area contributed by atoms with Crippen LogP contribution in [0, 0.1) is 0 Å². The number of benzene rings is 3. The molecule has 0 bridgehead atoms. The summed E-state index contributed by atoms with van der Waals surface area (Å²) in [7, 11) is 0. The molecule has 0 unspecified atom stereocenters. The first-order valence-electron chi connectivity index (χ1n) is 12.0. The van der Waals surface area contributed by atoms with Gasteiger partial charge in [-0.05, 0) is 48.9 Å². The van der Waals surface area contributed by atoms with Gasteiger partial charge in [0, 0.05) is 19.4 Å². The van der Waals surface area contributed by atoms with E-state index in [2.05, 4.69) is 10.6 Å². The molecule has 0 radical (unpaired) electrons. The van der Waals surface area contributed by atoms with Crippen molar-refractivity contribution in [2.24, 2.45) is 0 Å². The first-order valence-corrected chi connectivity index (χ1v) is 12.0. The van der Waals surface area contributed by atoms with Crippen LogP contribution in [0.4, 0.5) is 5.69 Å². The molecule has 6 nitrogen and oxygen atoms in total. The lowest BCUT2D eigenvalue weighted by Gasteiger charge is -2.11. The van der Waals surface area contributed by atoms with Gasteiger partial charge in [0.05, 0.1) is 17.9 Å². The zero-order valence-corrected chi connectivity index (χ0v) is 19.9. The van der Waals surface area contributed by atoms with E-state index in [1.165, 1.54) is 5.56 Å². The first kappa shape index (κ1) is 25.7. The van der Waals surface area contributed by atoms with Crippen LogP contribution in [-0.2, 0) is 27.2 Å². The number of hydrogen-bond acceptors (Lipinski definition) is 4. The summed E-state index contributed by atoms with van der Waals surface area (Å²) >= 11 is 0. The molecule has 3 aromatic carbocycles. The van der Waals surface area contributed by atoms with E-state index in [0.717, 1.165) is 24.8 Å². The van der Waals surface area contributed by atoms with Gasteiger partial charge in [-0.15, -0.1) is 0 Å². The quantitative estimate of drug-likeness (QED) is 0.272. The number of aryl methyl sites for hydroxylation is 1. The van der Waals surface area contributed by atoms with E-state index in [1.807, 2.05) is 60.7 Å². The van der Waals surface area contributed by atoms with E-state index in [0.29, 0.717) is 30.8 Å². The van der Waals surface area contributed by atoms with Gasteiger partial charge in [-0.1, -0.05) is 72.8 Å². The molecule has 35 heavy (non-hydrogen) atoms. The van der Waals surface area contributed by atoms with Crippen molar-refractivity contribution in [2.75, 3.05) is 18.5 Å². The van der Waals surface area contributed by atoms with Crippen molar-refractivity contribution < 1.29 is 19.1 Å². The molecule has 0 aromatic heterocycles. The third kappa shape index (κ3) is 9.45. The Hall–Kier alpha value is -3.93. The molecule has 0 aliphatic rings. The van der Waals surface area contributed by atoms with Gasteiger partial charge in [-0.3, -0.25) is 14.4 Å². The number of esters is 1. The number of carbonyl (C=O) groups excluding carboxylic acids is 3. The molecule has 0 aliphatic heterocycles. The summed E-state index contributed by atoms with van der Waals surface area (Å²) in [6.07, 6.45) is 3.08. The molecular weight excluding hydrogens is 440 g/mol. The second kappa shape index (κ2) is 14.4. The molecule has 182 valence electrons. The minimum absolute atomic E-state index is 0.170. The number of para-hydroxylation sites is 1. The topological polar surface area (TPSA) is 84.5 Å². The molecule has 0 saturated carbocycles. The van der Waals surface area contributed by atoms with E-state index in [1.54, 1.807) is 24.3 Å². The second-order valence-corrected chi connectivity index (χ2v) is 8.25. The molecule has 6 heteroatoms. The van der Waals surface area contributed by atoms with E-state index in [4.69, 9.17) is 4.74 Å². The van der Waals surface area contributed by atoms with Crippen LogP contribution in [0.2, 0.25) is 0 Å². The molecular formula is C29H32N2O4. The van der Waals surface area contributed by atoms with E-state index in [9.17, 15) is 14.4 Å². The van der Waals surface area contributed by atoms with Crippen molar-refractivity contribution in [3.8, 4) is 0 Å². The minimum Gasteiger partial charge on any atom is -0.466 e. The van der Waals surface area contributed by atoms with Gasteiger partial charge in [-0.25, -0.2) is 0 Å². The summed E-state index contributed by atoms with van der Waals surface area (Å²) in [5, 5.41) is 5.69. The Labute approximate surface area is 206 Å². The summed E-state index contributed by atoms with van der Waals surface area (Å²) in [5.74, 6) is -0.786. The van der Waals surface area contributed by atoms with Crippen LogP contribution >= 0.6 is 0 Å². The highest BCUT2D eigenvalue weighted by atomic mass is 16.5. The molecule has 0 spiro atoms. The van der Waals surface area contributed by atoms with E-state index >= 15 is 0 Å². The average molecular weight is 473 g/mol. The standard InChI is InChI=1S/C29H32N2O4/c32-27(18-9-19-28(33)35-22-10-15-23-11-3-1-4-12-23)31-26-17-8-7-16-25(26)29(34)30-21-20-24-13-5-2-6-14-24/h1-8,11-14,16-17H,9-10,15,18-22H2,(H,30,34)(H,31,32). The smallest absolute Gasteiger partial charge is 0.305 e. The van der Waals surface area contributed by atoms with Crippen molar-refractivity contribution in [3.63, 3.8) is 0 Å². The van der Waals surface area contributed by atoms with Crippen molar-refractivity contribution in [3.05, 3.63) is 102 Å². The maximum Gasteiger partial charge on any atom is 0.305 e. The molecule has 0 atom stereocenters. The number of amides is 2. The van der Waals surface area contributed by atoms with Crippen LogP contribution in [-0.4, -0.2) is 30.9 Å². The van der Waals surface area contributed by atoms with Crippen LogP contribution in [0.1, 0.15) is 47.2 Å². The Balaban J connectivity index is 1.35. The van der Waals surface area contributed by atoms with Crippen LogP contribution in [0.15, 0.2) is 84.9 Å². The van der Waals surface area contributed by atoms with Gasteiger partial charge in [0.2, 0.25) is 5.91 Å². The highest BCUT2D eigenvalue weighted by Gasteiger charge is 2.13. The fraction of sp³-hybridized carbons (Fsp3) is 0.276. The summed E-state index contributed by atoms with van der Waals surface area (Å²) < 4.78 is 5.26. The zero-order valence-electron chi connectivity index (χ0n) is 19.9. The predicted octanol–water partition coefficient (Wildman–Crippen LogP) is 4.94. The molecule has 3 aromatic rings. The van der Waals surface area contributed by atoms with Crippen molar-refractivity contribution in [1.29, 1.82) is 0 Å². The van der Waals surface area contributed by atoms with Gasteiger partial charge < -0.3 is 15.4 Å². The number of carbonyl (C=O) groups is 3. The number of ether oxygens (including phenoxy) is 1. The van der Waals surface area contributed by atoms with Crippen LogP contribution in [0.5, 0.6) is 0 Å². The van der Waals surface area contributed by atoms with Gasteiger partial charge in [-0.2, -0.15) is 0 Å². The van der Waals surface area contributed by atoms with Crippen molar-refractivity contribution >= 4 is 23.5 Å².